The van der Waals surface area contributed by atoms with Crippen LogP contribution in [0, 0.1) is 5.82 Å². The van der Waals surface area contributed by atoms with Crippen molar-refractivity contribution in [1.82, 2.24) is 0 Å². The first kappa shape index (κ1) is 13.9. The molecule has 0 spiro atoms. The molecule has 110 valence electrons. The predicted octanol–water partition coefficient (Wildman–Crippen LogP) is 2.80. The van der Waals surface area contributed by atoms with Gasteiger partial charge in [-0.15, -0.1) is 0 Å². The average molecular weight is 307 g/mol. The first-order valence-corrected chi connectivity index (χ1v) is 8.04. The number of sulfonamides is 1. The lowest BCUT2D eigenvalue weighted by molar-refractivity contribution is 0.322. The van der Waals surface area contributed by atoms with Crippen LogP contribution in [0.4, 0.5) is 10.1 Å². The van der Waals surface area contributed by atoms with Gasteiger partial charge >= 0.3 is 0 Å². The first-order valence-electron chi connectivity index (χ1n) is 6.60. The van der Waals surface area contributed by atoms with Gasteiger partial charge in [0.15, 0.2) is 0 Å². The third kappa shape index (κ3) is 2.47. The van der Waals surface area contributed by atoms with E-state index in [1.807, 2.05) is 0 Å². The van der Waals surface area contributed by atoms with Crippen LogP contribution in [0.25, 0.3) is 0 Å². The number of rotatable bonds is 2. The highest BCUT2D eigenvalue weighted by molar-refractivity contribution is 7.92. The molecule has 21 heavy (non-hydrogen) atoms. The fraction of sp³-hybridized carbons (Fsp3) is 0.200. The molecule has 0 radical (unpaired) electrons. The summed E-state index contributed by atoms with van der Waals surface area (Å²) in [6, 6.07) is 12.3. The Balaban J connectivity index is 2.13. The molecule has 2 aromatic carbocycles. The molecule has 0 saturated carbocycles. The number of anilines is 1. The molecule has 1 aliphatic heterocycles. The number of benzene rings is 2. The molecule has 1 heterocycles. The fourth-order valence-corrected chi connectivity index (χ4v) is 3.90. The molecule has 0 fully saturated rings. The molecular weight excluding hydrogens is 293 g/mol. The molecule has 0 bridgehead atoms. The van der Waals surface area contributed by atoms with E-state index in [1.165, 1.54) is 22.5 Å². The molecule has 0 aromatic heterocycles. The van der Waals surface area contributed by atoms with E-state index in [1.54, 1.807) is 24.3 Å². The summed E-state index contributed by atoms with van der Waals surface area (Å²) in [5.74, 6) is -0.255. The SMILES string of the molecule is O=S(=O)(c1ccccc1F)N1CCCOc2ccccc21. The second-order valence-electron chi connectivity index (χ2n) is 4.68. The summed E-state index contributed by atoms with van der Waals surface area (Å²) in [6.07, 6.45) is 0.544. The second-order valence-corrected chi connectivity index (χ2v) is 6.51. The smallest absolute Gasteiger partial charge is 0.267 e. The average Bonchev–Trinajstić information content (AvgIpc) is 2.70. The molecule has 0 atom stereocenters. The molecule has 0 amide bonds. The van der Waals surface area contributed by atoms with E-state index in [4.69, 9.17) is 4.74 Å². The van der Waals surface area contributed by atoms with Gasteiger partial charge in [0.1, 0.15) is 16.5 Å². The maximum absolute atomic E-state index is 13.9. The van der Waals surface area contributed by atoms with Gasteiger partial charge in [0.05, 0.1) is 12.3 Å². The Bertz CT molecular complexity index is 761. The van der Waals surface area contributed by atoms with Gasteiger partial charge in [-0.3, -0.25) is 4.31 Å². The van der Waals surface area contributed by atoms with E-state index in [0.717, 1.165) is 6.07 Å². The van der Waals surface area contributed by atoms with Gasteiger partial charge in [-0.1, -0.05) is 24.3 Å². The molecule has 3 rings (SSSR count). The Morgan fingerprint density at radius 1 is 1.05 bits per heavy atom. The molecule has 1 aliphatic rings. The van der Waals surface area contributed by atoms with Gasteiger partial charge in [-0.05, 0) is 24.3 Å². The summed E-state index contributed by atoms with van der Waals surface area (Å²) >= 11 is 0. The number of hydrogen-bond donors (Lipinski definition) is 0. The van der Waals surface area contributed by atoms with Gasteiger partial charge in [-0.2, -0.15) is 0 Å². The number of hydrogen-bond acceptors (Lipinski definition) is 3. The second kappa shape index (κ2) is 5.37. The summed E-state index contributed by atoms with van der Waals surface area (Å²) in [7, 11) is -3.95. The third-order valence-electron chi connectivity index (χ3n) is 3.30. The molecular formula is C15H14FNO3S. The topological polar surface area (TPSA) is 46.6 Å². The van der Waals surface area contributed by atoms with Gasteiger partial charge in [0.2, 0.25) is 0 Å². The van der Waals surface area contributed by atoms with Crippen LogP contribution < -0.4 is 9.04 Å². The zero-order valence-electron chi connectivity index (χ0n) is 11.2. The summed E-state index contributed by atoms with van der Waals surface area (Å²) in [6.45, 7) is 0.688. The Morgan fingerprint density at radius 2 is 1.76 bits per heavy atom. The molecule has 0 saturated heterocycles. The maximum atomic E-state index is 13.9. The normalized spacial score (nSPS) is 15.0. The highest BCUT2D eigenvalue weighted by Crippen LogP contribution is 2.34. The molecule has 2 aromatic rings. The van der Waals surface area contributed by atoms with E-state index in [-0.39, 0.29) is 11.4 Å². The maximum Gasteiger partial charge on any atom is 0.267 e. The Morgan fingerprint density at radius 3 is 2.57 bits per heavy atom. The number of fused-ring (bicyclic) bond motifs is 1. The highest BCUT2D eigenvalue weighted by atomic mass is 32.2. The predicted molar refractivity (Wildman–Crippen MR) is 77.5 cm³/mol. The molecule has 4 nitrogen and oxygen atoms in total. The fourth-order valence-electron chi connectivity index (χ4n) is 2.32. The van der Waals surface area contributed by atoms with Crippen LogP contribution in [0.2, 0.25) is 0 Å². The van der Waals surface area contributed by atoms with Gasteiger partial charge in [0.25, 0.3) is 10.0 Å². The Labute approximate surface area is 122 Å². The molecule has 0 aliphatic carbocycles. The molecule has 6 heteroatoms. The zero-order chi connectivity index (χ0) is 14.9. The van der Waals surface area contributed by atoms with Crippen LogP contribution in [0.1, 0.15) is 6.42 Å². The Hall–Kier alpha value is -2.08. The highest BCUT2D eigenvalue weighted by Gasteiger charge is 2.30. The van der Waals surface area contributed by atoms with Crippen molar-refractivity contribution in [1.29, 1.82) is 0 Å². The summed E-state index contributed by atoms with van der Waals surface area (Å²) in [5, 5.41) is 0. The minimum Gasteiger partial charge on any atom is -0.491 e. The van der Waals surface area contributed by atoms with Crippen molar-refractivity contribution in [3.05, 3.63) is 54.3 Å². The first-order chi connectivity index (χ1) is 10.1. The summed E-state index contributed by atoms with van der Waals surface area (Å²) in [5.41, 5.74) is 0.443. The van der Waals surface area contributed by atoms with Crippen LogP contribution in [0.5, 0.6) is 5.75 Å². The van der Waals surface area contributed by atoms with Crippen molar-refractivity contribution in [2.45, 2.75) is 11.3 Å². The van der Waals surface area contributed by atoms with E-state index >= 15 is 0 Å². The number of ether oxygens (including phenoxy) is 1. The van der Waals surface area contributed by atoms with Crippen LogP contribution in [0.15, 0.2) is 53.4 Å². The summed E-state index contributed by atoms with van der Waals surface area (Å²) in [4.78, 5) is -0.318. The van der Waals surface area contributed by atoms with Crippen molar-refractivity contribution in [2.75, 3.05) is 17.5 Å². The van der Waals surface area contributed by atoms with Crippen molar-refractivity contribution in [3.8, 4) is 5.75 Å². The lowest BCUT2D eigenvalue weighted by Crippen LogP contribution is -2.32. The van der Waals surface area contributed by atoms with Gasteiger partial charge < -0.3 is 4.74 Å². The monoisotopic (exact) mass is 307 g/mol. The van der Waals surface area contributed by atoms with Crippen LogP contribution >= 0.6 is 0 Å². The van der Waals surface area contributed by atoms with Crippen molar-refractivity contribution >= 4 is 15.7 Å². The van der Waals surface area contributed by atoms with E-state index in [9.17, 15) is 12.8 Å². The zero-order valence-corrected chi connectivity index (χ0v) is 12.0. The quantitative estimate of drug-likeness (QED) is 0.857. The molecule has 0 unspecified atom stereocenters. The van der Waals surface area contributed by atoms with Gasteiger partial charge in [0, 0.05) is 13.0 Å². The van der Waals surface area contributed by atoms with Crippen LogP contribution in [0.3, 0.4) is 0 Å². The molecule has 0 N–H and O–H groups in total. The lowest BCUT2D eigenvalue weighted by atomic mass is 10.3. The lowest BCUT2D eigenvalue weighted by Gasteiger charge is -2.23. The van der Waals surface area contributed by atoms with Gasteiger partial charge in [-0.25, -0.2) is 12.8 Å². The Kier molecular flexibility index (Phi) is 3.55. The van der Waals surface area contributed by atoms with Crippen LogP contribution in [-0.4, -0.2) is 21.6 Å². The summed E-state index contributed by atoms with van der Waals surface area (Å²) < 4.78 is 46.1. The van der Waals surface area contributed by atoms with Crippen molar-refractivity contribution in [2.24, 2.45) is 0 Å². The number of halogens is 1. The minimum atomic E-state index is -3.95. The van der Waals surface area contributed by atoms with E-state index in [2.05, 4.69) is 0 Å². The largest absolute Gasteiger partial charge is 0.491 e. The third-order valence-corrected chi connectivity index (χ3v) is 5.15. The number of nitrogens with zero attached hydrogens (tertiary/aromatic N) is 1. The standard InChI is InChI=1S/C15H14FNO3S/c16-12-6-1-4-9-15(12)21(18,19)17-10-5-11-20-14-8-3-2-7-13(14)17/h1-4,6-9H,5,10-11H2. The van der Waals surface area contributed by atoms with E-state index in [0.29, 0.717) is 24.5 Å². The minimum absolute atomic E-state index is 0.258. The van der Waals surface area contributed by atoms with E-state index < -0.39 is 15.8 Å². The number of para-hydroxylation sites is 2. The van der Waals surface area contributed by atoms with Crippen molar-refractivity contribution in [3.63, 3.8) is 0 Å². The van der Waals surface area contributed by atoms with Crippen molar-refractivity contribution < 1.29 is 17.5 Å². The van der Waals surface area contributed by atoms with Crippen LogP contribution in [-0.2, 0) is 10.0 Å².